The SMILES string of the molecule is COc1ncc(-c2cc(C(F)(F)F)c3c(N)ncnn23)cc1C(=O)N(C)[C@@H]1CN(C(=O)C(C)(OC)C(F)(F)F)C[C@@H]1F. The standard InChI is InChI=1S/C24H24F7N7O4/c1-22(42-4,24(29,30)31)21(40)37-8-14(25)16(9-37)36(2)20(39)12-5-11(7-33-19(12)41-3)15-6-13(23(26,27)28)17-18(32)34-10-35-38(15)17/h5-7,10,14,16H,8-9H2,1-4H3,(H2,32,34,35)/t14-,16+,22?/m0/s1. The summed E-state index contributed by atoms with van der Waals surface area (Å²) in [6, 6.07) is 0.497. The predicted molar refractivity (Wildman–Crippen MR) is 131 cm³/mol. The molecule has 11 nitrogen and oxygen atoms in total. The largest absolute Gasteiger partial charge is 0.480 e. The number of ether oxygens (including phenoxy) is 2. The summed E-state index contributed by atoms with van der Waals surface area (Å²) in [5.74, 6) is -3.19. The minimum absolute atomic E-state index is 0.0304. The number of fused-ring (bicyclic) bond motifs is 1. The third-order valence-electron chi connectivity index (χ3n) is 7.14. The Morgan fingerprint density at radius 2 is 1.76 bits per heavy atom. The fourth-order valence-corrected chi connectivity index (χ4v) is 4.64. The Morgan fingerprint density at radius 3 is 2.33 bits per heavy atom. The number of hydrogen-bond donors (Lipinski definition) is 1. The number of halogens is 7. The van der Waals surface area contributed by atoms with Crippen molar-refractivity contribution < 1.29 is 49.8 Å². The van der Waals surface area contributed by atoms with Gasteiger partial charge in [-0.25, -0.2) is 18.9 Å². The number of aromatic nitrogens is 4. The number of nitrogens with two attached hydrogens (primary N) is 1. The van der Waals surface area contributed by atoms with E-state index in [9.17, 15) is 35.9 Å². The summed E-state index contributed by atoms with van der Waals surface area (Å²) in [6.07, 6.45) is -9.83. The minimum atomic E-state index is -5.10. The smallest absolute Gasteiger partial charge is 0.426 e. The first kappa shape index (κ1) is 30.7. The van der Waals surface area contributed by atoms with Crippen molar-refractivity contribution in [2.45, 2.75) is 37.1 Å². The van der Waals surface area contributed by atoms with E-state index >= 15 is 4.39 Å². The van der Waals surface area contributed by atoms with Gasteiger partial charge in [-0.15, -0.1) is 0 Å². The fraction of sp³-hybridized carbons (Fsp3) is 0.458. The second kappa shape index (κ2) is 10.6. The van der Waals surface area contributed by atoms with E-state index in [0.717, 1.165) is 48.2 Å². The van der Waals surface area contributed by atoms with Gasteiger partial charge in [0, 0.05) is 32.5 Å². The molecule has 0 radical (unpaired) electrons. The fourth-order valence-electron chi connectivity index (χ4n) is 4.64. The summed E-state index contributed by atoms with van der Waals surface area (Å²) in [6.45, 7) is -0.828. The molecule has 3 aromatic heterocycles. The highest BCUT2D eigenvalue weighted by molar-refractivity contribution is 5.98. The van der Waals surface area contributed by atoms with Crippen LogP contribution in [-0.4, -0.2) is 99.5 Å². The van der Waals surface area contributed by atoms with Crippen LogP contribution in [0.1, 0.15) is 22.8 Å². The molecule has 1 fully saturated rings. The maximum atomic E-state index is 15.1. The summed E-state index contributed by atoms with van der Waals surface area (Å²) < 4.78 is 107. The quantitative estimate of drug-likeness (QED) is 0.424. The van der Waals surface area contributed by atoms with Gasteiger partial charge in [0.1, 0.15) is 23.6 Å². The van der Waals surface area contributed by atoms with Crippen LogP contribution in [-0.2, 0) is 15.7 Å². The van der Waals surface area contributed by atoms with Crippen molar-refractivity contribution in [3.05, 3.63) is 35.8 Å². The predicted octanol–water partition coefficient (Wildman–Crippen LogP) is 2.99. The van der Waals surface area contributed by atoms with E-state index in [4.69, 9.17) is 10.5 Å². The number of likely N-dealkylation sites (tertiary alicyclic amines) is 1. The van der Waals surface area contributed by atoms with E-state index in [2.05, 4.69) is 19.8 Å². The van der Waals surface area contributed by atoms with Gasteiger partial charge in [-0.3, -0.25) is 9.59 Å². The lowest BCUT2D eigenvalue weighted by Gasteiger charge is -2.33. The van der Waals surface area contributed by atoms with Crippen LogP contribution in [0.5, 0.6) is 5.88 Å². The monoisotopic (exact) mass is 607 g/mol. The molecule has 228 valence electrons. The average Bonchev–Trinajstić information content (AvgIpc) is 3.52. The molecule has 1 aliphatic heterocycles. The van der Waals surface area contributed by atoms with Crippen molar-refractivity contribution in [3.8, 4) is 17.1 Å². The number of anilines is 1. The lowest BCUT2D eigenvalue weighted by atomic mass is 10.0. The van der Waals surface area contributed by atoms with E-state index in [-0.39, 0.29) is 22.7 Å². The molecule has 0 saturated carbocycles. The second-order valence-electron chi connectivity index (χ2n) is 9.57. The van der Waals surface area contributed by atoms with Crippen LogP contribution in [0, 0.1) is 0 Å². The molecule has 0 aromatic carbocycles. The number of amides is 2. The zero-order valence-corrected chi connectivity index (χ0v) is 22.4. The Hall–Kier alpha value is -4.22. The van der Waals surface area contributed by atoms with Gasteiger partial charge in [0.25, 0.3) is 11.8 Å². The number of pyridine rings is 1. The number of methoxy groups -OCH3 is 2. The van der Waals surface area contributed by atoms with Gasteiger partial charge in [-0.1, -0.05) is 0 Å². The number of carbonyl (C=O) groups is 2. The van der Waals surface area contributed by atoms with Gasteiger partial charge in [-0.05, 0) is 19.1 Å². The minimum Gasteiger partial charge on any atom is -0.480 e. The van der Waals surface area contributed by atoms with Crippen molar-refractivity contribution in [1.82, 2.24) is 29.4 Å². The van der Waals surface area contributed by atoms with Crippen LogP contribution < -0.4 is 10.5 Å². The zero-order chi connectivity index (χ0) is 31.4. The number of carbonyl (C=O) groups excluding carboxylic acids is 2. The first-order valence-electron chi connectivity index (χ1n) is 12.0. The topological polar surface area (TPSA) is 128 Å². The van der Waals surface area contributed by atoms with Crippen molar-refractivity contribution in [2.75, 3.05) is 40.1 Å². The molecule has 42 heavy (non-hydrogen) atoms. The number of rotatable bonds is 6. The molecule has 3 aromatic rings. The van der Waals surface area contributed by atoms with E-state index in [0.29, 0.717) is 18.9 Å². The van der Waals surface area contributed by atoms with Crippen LogP contribution >= 0.6 is 0 Å². The summed E-state index contributed by atoms with van der Waals surface area (Å²) >= 11 is 0. The summed E-state index contributed by atoms with van der Waals surface area (Å²) in [5, 5.41) is 3.84. The molecular weight excluding hydrogens is 583 g/mol. The van der Waals surface area contributed by atoms with E-state index < -0.39 is 72.0 Å². The van der Waals surface area contributed by atoms with Gasteiger partial charge in [-0.2, -0.15) is 31.4 Å². The second-order valence-corrected chi connectivity index (χ2v) is 9.57. The molecule has 4 heterocycles. The van der Waals surface area contributed by atoms with Gasteiger partial charge in [0.2, 0.25) is 11.5 Å². The van der Waals surface area contributed by atoms with Crippen LogP contribution in [0.4, 0.5) is 36.6 Å². The Kier molecular flexibility index (Phi) is 7.73. The van der Waals surface area contributed by atoms with E-state index in [1.807, 2.05) is 0 Å². The first-order valence-corrected chi connectivity index (χ1v) is 12.0. The third-order valence-corrected chi connectivity index (χ3v) is 7.14. The lowest BCUT2D eigenvalue weighted by molar-refractivity contribution is -0.258. The maximum absolute atomic E-state index is 15.1. The van der Waals surface area contributed by atoms with Gasteiger partial charge in [0.15, 0.2) is 5.82 Å². The van der Waals surface area contributed by atoms with E-state index in [1.165, 1.54) is 0 Å². The number of likely N-dealkylation sites (N-methyl/N-ethyl adjacent to an activating group) is 1. The Labute approximate surface area is 233 Å². The maximum Gasteiger partial charge on any atom is 0.426 e. The molecule has 18 heteroatoms. The van der Waals surface area contributed by atoms with Crippen molar-refractivity contribution in [1.29, 1.82) is 0 Å². The number of nitrogens with zero attached hydrogens (tertiary/aromatic N) is 6. The summed E-state index contributed by atoms with van der Waals surface area (Å²) in [4.78, 5) is 35.3. The summed E-state index contributed by atoms with van der Waals surface area (Å²) in [7, 11) is 3.01. The van der Waals surface area contributed by atoms with Crippen molar-refractivity contribution >= 4 is 23.1 Å². The van der Waals surface area contributed by atoms with Gasteiger partial charge in [0.05, 0.1) is 31.0 Å². The molecule has 4 rings (SSSR count). The Bertz CT molecular complexity index is 1530. The Morgan fingerprint density at radius 1 is 1.10 bits per heavy atom. The zero-order valence-electron chi connectivity index (χ0n) is 22.4. The molecular formula is C24H24F7N7O4. The highest BCUT2D eigenvalue weighted by Crippen LogP contribution is 2.39. The van der Waals surface area contributed by atoms with Crippen molar-refractivity contribution in [2.24, 2.45) is 0 Å². The van der Waals surface area contributed by atoms with Crippen LogP contribution in [0.25, 0.3) is 16.8 Å². The lowest BCUT2D eigenvalue weighted by Crippen LogP contribution is -2.57. The molecule has 1 aliphatic rings. The molecule has 2 N–H and O–H groups in total. The number of hydrogen-bond acceptors (Lipinski definition) is 8. The van der Waals surface area contributed by atoms with Crippen LogP contribution in [0.15, 0.2) is 24.7 Å². The van der Waals surface area contributed by atoms with Crippen LogP contribution in [0.3, 0.4) is 0 Å². The highest BCUT2D eigenvalue weighted by Gasteiger charge is 2.60. The average molecular weight is 607 g/mol. The molecule has 0 spiro atoms. The normalized spacial score (nSPS) is 19.2. The Balaban J connectivity index is 1.69. The van der Waals surface area contributed by atoms with Gasteiger partial charge < -0.3 is 25.0 Å². The number of alkyl halides is 7. The molecule has 1 saturated heterocycles. The molecule has 2 amide bonds. The number of nitrogen functional groups attached to an aromatic ring is 1. The molecule has 3 atom stereocenters. The van der Waals surface area contributed by atoms with Crippen molar-refractivity contribution in [3.63, 3.8) is 0 Å². The molecule has 0 bridgehead atoms. The molecule has 0 aliphatic carbocycles. The van der Waals surface area contributed by atoms with Gasteiger partial charge >= 0.3 is 12.4 Å². The highest BCUT2D eigenvalue weighted by atomic mass is 19.4. The third kappa shape index (κ3) is 5.03. The first-order chi connectivity index (χ1) is 19.5. The van der Waals surface area contributed by atoms with E-state index in [1.54, 1.807) is 0 Å². The summed E-state index contributed by atoms with van der Waals surface area (Å²) in [5.41, 5.74) is 0.266. The van der Waals surface area contributed by atoms with Crippen LogP contribution in [0.2, 0.25) is 0 Å². The molecule has 1 unspecified atom stereocenters.